The van der Waals surface area contributed by atoms with Gasteiger partial charge in [-0.25, -0.2) is 9.07 Å². The number of rotatable bonds is 5. The molecule has 0 radical (unpaired) electrons. The van der Waals surface area contributed by atoms with Gasteiger partial charge in [-0.2, -0.15) is 5.10 Å². The predicted octanol–water partition coefficient (Wildman–Crippen LogP) is 3.09. The molecule has 5 nitrogen and oxygen atoms in total. The fourth-order valence-corrected chi connectivity index (χ4v) is 3.02. The van der Waals surface area contributed by atoms with Crippen LogP contribution in [0.25, 0.3) is 5.69 Å². The number of hydrogen-bond acceptors (Lipinski definition) is 4. The fraction of sp³-hybridized carbons (Fsp3) is 0.125. The minimum absolute atomic E-state index is 0.301. The highest BCUT2D eigenvalue weighted by atomic mass is 32.1. The third kappa shape index (κ3) is 3.40. The lowest BCUT2D eigenvalue weighted by Gasteiger charge is -2.04. The number of nitrogens with one attached hydrogen (secondary N) is 1. The first-order chi connectivity index (χ1) is 11.0. The number of benzene rings is 1. The van der Waals surface area contributed by atoms with Crippen molar-refractivity contribution < 1.29 is 9.18 Å². The molecule has 1 amide bonds. The zero-order chi connectivity index (χ0) is 16.4. The maximum Gasteiger partial charge on any atom is 0.249 e. The Balaban J connectivity index is 1.74. The highest BCUT2D eigenvalue weighted by Gasteiger charge is 2.08. The number of hydrogen-bond donors (Lipinski definition) is 2. The molecule has 1 aromatic carbocycles. The molecule has 2 heterocycles. The number of halogens is 1. The Morgan fingerprint density at radius 1 is 1.39 bits per heavy atom. The zero-order valence-electron chi connectivity index (χ0n) is 12.4. The van der Waals surface area contributed by atoms with Gasteiger partial charge in [-0.05, 0) is 31.2 Å². The first-order valence-corrected chi connectivity index (χ1v) is 7.84. The second-order valence-corrected chi connectivity index (χ2v) is 6.08. The maximum atomic E-state index is 13.3. The summed E-state index contributed by atoms with van der Waals surface area (Å²) in [6, 6.07) is 9.92. The molecular formula is C16H15FN4OS. The number of nitrogens with zero attached hydrogens (tertiary/aromatic N) is 2. The lowest BCUT2D eigenvalue weighted by atomic mass is 10.3. The van der Waals surface area contributed by atoms with Crippen LogP contribution in [0.1, 0.15) is 20.9 Å². The summed E-state index contributed by atoms with van der Waals surface area (Å²) in [5.41, 5.74) is 7.30. The first kappa shape index (κ1) is 15.2. The maximum absolute atomic E-state index is 13.3. The van der Waals surface area contributed by atoms with Crippen molar-refractivity contribution in [3.63, 3.8) is 0 Å². The molecule has 3 N–H and O–H groups in total. The third-order valence-electron chi connectivity index (χ3n) is 3.32. The van der Waals surface area contributed by atoms with Gasteiger partial charge >= 0.3 is 0 Å². The molecule has 0 aliphatic rings. The van der Waals surface area contributed by atoms with Crippen molar-refractivity contribution in [1.82, 2.24) is 9.78 Å². The molecule has 0 fully saturated rings. The van der Waals surface area contributed by atoms with E-state index in [1.807, 2.05) is 13.0 Å². The monoisotopic (exact) mass is 330 g/mol. The van der Waals surface area contributed by atoms with Gasteiger partial charge in [0.25, 0.3) is 0 Å². The van der Waals surface area contributed by atoms with Gasteiger partial charge in [-0.3, -0.25) is 4.79 Å². The molecule has 3 rings (SSSR count). The van der Waals surface area contributed by atoms with E-state index in [9.17, 15) is 9.18 Å². The molecular weight excluding hydrogens is 315 g/mol. The van der Waals surface area contributed by atoms with Crippen molar-refractivity contribution in [2.75, 3.05) is 5.32 Å². The molecule has 0 saturated carbocycles. The van der Waals surface area contributed by atoms with E-state index in [0.717, 1.165) is 10.6 Å². The van der Waals surface area contributed by atoms with E-state index in [-0.39, 0.29) is 5.82 Å². The van der Waals surface area contributed by atoms with Crippen molar-refractivity contribution in [2.45, 2.75) is 13.5 Å². The smallest absolute Gasteiger partial charge is 0.249 e. The van der Waals surface area contributed by atoms with Crippen LogP contribution in [0.2, 0.25) is 0 Å². The highest BCUT2D eigenvalue weighted by molar-refractivity contribution is 7.10. The second-order valence-electron chi connectivity index (χ2n) is 5.08. The summed E-state index contributed by atoms with van der Waals surface area (Å²) in [5, 5.41) is 9.35. The van der Waals surface area contributed by atoms with E-state index < -0.39 is 5.91 Å². The molecule has 118 valence electrons. The zero-order valence-corrected chi connectivity index (χ0v) is 13.2. The third-order valence-corrected chi connectivity index (χ3v) is 4.26. The summed E-state index contributed by atoms with van der Waals surface area (Å²) in [6.45, 7) is 2.44. The van der Waals surface area contributed by atoms with E-state index in [2.05, 4.69) is 10.4 Å². The van der Waals surface area contributed by atoms with Crippen LogP contribution in [-0.4, -0.2) is 15.7 Å². The summed E-state index contributed by atoms with van der Waals surface area (Å²) < 4.78 is 15.0. The lowest BCUT2D eigenvalue weighted by molar-refractivity contribution is 0.100. The summed E-state index contributed by atoms with van der Waals surface area (Å²) >= 11 is 1.46. The fourth-order valence-electron chi connectivity index (χ4n) is 2.21. The van der Waals surface area contributed by atoms with Crippen LogP contribution in [0.4, 0.5) is 10.2 Å². The molecule has 23 heavy (non-hydrogen) atoms. The quantitative estimate of drug-likeness (QED) is 0.755. The average molecular weight is 330 g/mol. The number of nitrogens with two attached hydrogens (primary N) is 1. The number of carbonyl (C=O) groups is 1. The minimum atomic E-state index is -0.432. The van der Waals surface area contributed by atoms with Crippen LogP contribution in [0.3, 0.4) is 0 Å². The molecule has 0 saturated heterocycles. The Morgan fingerprint density at radius 3 is 2.91 bits per heavy atom. The summed E-state index contributed by atoms with van der Waals surface area (Å²) in [4.78, 5) is 12.1. The van der Waals surface area contributed by atoms with Crippen molar-refractivity contribution in [2.24, 2.45) is 5.73 Å². The van der Waals surface area contributed by atoms with Crippen LogP contribution in [0, 0.1) is 12.7 Å². The number of carbonyl (C=O) groups excluding carboxylic acids is 1. The Kier molecular flexibility index (Phi) is 4.12. The predicted molar refractivity (Wildman–Crippen MR) is 88.4 cm³/mol. The lowest BCUT2D eigenvalue weighted by Crippen LogP contribution is -2.09. The molecule has 0 aliphatic heterocycles. The Labute approximate surface area is 136 Å². The molecule has 0 spiro atoms. The van der Waals surface area contributed by atoms with Gasteiger partial charge in [0.1, 0.15) is 11.6 Å². The standard InChI is InChI=1S/C16H15FN4OS/c1-10-5-15(19-8-14-6-11(9-23-14)16(18)22)20-21(10)13-4-2-3-12(17)7-13/h2-7,9H,8H2,1H3,(H2,18,22)(H,19,20). The Hall–Kier alpha value is -2.67. The average Bonchev–Trinajstić information content (AvgIpc) is 3.12. The summed E-state index contributed by atoms with van der Waals surface area (Å²) in [7, 11) is 0. The molecule has 0 aliphatic carbocycles. The van der Waals surface area contributed by atoms with Crippen molar-refractivity contribution in [3.05, 3.63) is 63.7 Å². The number of aryl methyl sites for hydroxylation is 1. The van der Waals surface area contributed by atoms with E-state index in [4.69, 9.17) is 5.73 Å². The van der Waals surface area contributed by atoms with Crippen LogP contribution >= 0.6 is 11.3 Å². The van der Waals surface area contributed by atoms with E-state index >= 15 is 0 Å². The Bertz CT molecular complexity index is 855. The molecule has 2 aromatic heterocycles. The van der Waals surface area contributed by atoms with E-state index in [0.29, 0.717) is 23.6 Å². The van der Waals surface area contributed by atoms with E-state index in [1.54, 1.807) is 28.3 Å². The summed E-state index contributed by atoms with van der Waals surface area (Å²) in [6.07, 6.45) is 0. The van der Waals surface area contributed by atoms with Crippen LogP contribution in [-0.2, 0) is 6.54 Å². The number of amides is 1. The van der Waals surface area contributed by atoms with Gasteiger partial charge in [0.2, 0.25) is 5.91 Å². The van der Waals surface area contributed by atoms with Gasteiger partial charge in [-0.1, -0.05) is 6.07 Å². The van der Waals surface area contributed by atoms with Gasteiger partial charge in [0.05, 0.1) is 17.8 Å². The van der Waals surface area contributed by atoms with Crippen LogP contribution in [0.15, 0.2) is 41.8 Å². The SMILES string of the molecule is Cc1cc(NCc2cc(C(N)=O)cs2)nn1-c1cccc(F)c1. The van der Waals surface area contributed by atoms with Gasteiger partial charge < -0.3 is 11.1 Å². The number of thiophene rings is 1. The summed E-state index contributed by atoms with van der Waals surface area (Å²) in [5.74, 6) is -0.0519. The number of aromatic nitrogens is 2. The molecule has 7 heteroatoms. The first-order valence-electron chi connectivity index (χ1n) is 6.96. The van der Waals surface area contributed by atoms with Crippen LogP contribution in [0.5, 0.6) is 0 Å². The number of primary amides is 1. The molecule has 0 unspecified atom stereocenters. The Morgan fingerprint density at radius 2 is 2.22 bits per heavy atom. The molecule has 3 aromatic rings. The van der Waals surface area contributed by atoms with Crippen molar-refractivity contribution in [3.8, 4) is 5.69 Å². The van der Waals surface area contributed by atoms with E-state index in [1.165, 1.54) is 23.5 Å². The normalized spacial score (nSPS) is 10.7. The largest absolute Gasteiger partial charge is 0.366 e. The number of anilines is 1. The molecule has 0 bridgehead atoms. The topological polar surface area (TPSA) is 72.9 Å². The van der Waals surface area contributed by atoms with Gasteiger partial charge in [0.15, 0.2) is 0 Å². The van der Waals surface area contributed by atoms with Gasteiger partial charge in [0, 0.05) is 22.0 Å². The minimum Gasteiger partial charge on any atom is -0.366 e. The molecule has 0 atom stereocenters. The van der Waals surface area contributed by atoms with Crippen molar-refractivity contribution in [1.29, 1.82) is 0 Å². The van der Waals surface area contributed by atoms with Crippen LogP contribution < -0.4 is 11.1 Å². The van der Waals surface area contributed by atoms with Gasteiger partial charge in [-0.15, -0.1) is 11.3 Å². The second kappa shape index (κ2) is 6.21. The highest BCUT2D eigenvalue weighted by Crippen LogP contribution is 2.19. The van der Waals surface area contributed by atoms with Crippen molar-refractivity contribution >= 4 is 23.1 Å².